The van der Waals surface area contributed by atoms with Gasteiger partial charge < -0.3 is 10.2 Å². The van der Waals surface area contributed by atoms with Crippen molar-refractivity contribution in [3.05, 3.63) is 18.0 Å². The number of rotatable bonds is 3. The number of nitrogens with zero attached hydrogens (tertiary/aromatic N) is 4. The highest BCUT2D eigenvalue weighted by molar-refractivity contribution is 5.74. The van der Waals surface area contributed by atoms with Gasteiger partial charge in [0.1, 0.15) is 0 Å². The number of carbonyl (C=O) groups excluding carboxylic acids is 1. The Labute approximate surface area is 119 Å². The molecule has 0 aromatic carbocycles. The summed E-state index contributed by atoms with van der Waals surface area (Å²) >= 11 is 0. The molecule has 6 nitrogen and oxygen atoms in total. The van der Waals surface area contributed by atoms with Crippen molar-refractivity contribution < 1.29 is 4.79 Å². The highest BCUT2D eigenvalue weighted by Crippen LogP contribution is 2.20. The number of urea groups is 1. The second-order valence-electron chi connectivity index (χ2n) is 5.74. The number of hydrogen-bond donors (Lipinski definition) is 1. The van der Waals surface area contributed by atoms with E-state index in [0.29, 0.717) is 12.6 Å². The highest BCUT2D eigenvalue weighted by Gasteiger charge is 2.31. The van der Waals surface area contributed by atoms with Crippen molar-refractivity contribution in [1.82, 2.24) is 24.9 Å². The summed E-state index contributed by atoms with van der Waals surface area (Å²) in [7, 11) is 1.89. The molecule has 2 aliphatic heterocycles. The first-order chi connectivity index (χ1) is 9.74. The summed E-state index contributed by atoms with van der Waals surface area (Å²) in [5.41, 5.74) is 1.02. The number of amides is 2. The smallest absolute Gasteiger partial charge is 0.317 e. The Hall–Kier alpha value is -1.56. The Morgan fingerprint density at radius 2 is 2.20 bits per heavy atom. The van der Waals surface area contributed by atoms with Crippen molar-refractivity contribution in [2.24, 2.45) is 7.05 Å². The third-order valence-electron chi connectivity index (χ3n) is 4.45. The zero-order valence-electron chi connectivity index (χ0n) is 12.1. The van der Waals surface area contributed by atoms with Gasteiger partial charge in [0.05, 0.1) is 12.2 Å². The molecular weight excluding hydrogens is 254 g/mol. The van der Waals surface area contributed by atoms with Crippen LogP contribution >= 0.6 is 0 Å². The van der Waals surface area contributed by atoms with Crippen LogP contribution in [0, 0.1) is 0 Å². The number of aryl methyl sites for hydroxylation is 1. The van der Waals surface area contributed by atoms with E-state index in [4.69, 9.17) is 0 Å². The normalized spacial score (nSPS) is 23.4. The molecule has 2 saturated heterocycles. The molecule has 2 amide bonds. The van der Waals surface area contributed by atoms with Gasteiger partial charge in [0.15, 0.2) is 0 Å². The zero-order chi connectivity index (χ0) is 13.9. The van der Waals surface area contributed by atoms with Crippen LogP contribution in [0.4, 0.5) is 4.79 Å². The summed E-state index contributed by atoms with van der Waals surface area (Å²) in [6.45, 7) is 4.69. The molecule has 1 atom stereocenters. The fourth-order valence-electron chi connectivity index (χ4n) is 3.18. The van der Waals surface area contributed by atoms with Crippen LogP contribution in [-0.2, 0) is 13.6 Å². The largest absolute Gasteiger partial charge is 0.332 e. The third kappa shape index (κ3) is 2.80. The van der Waals surface area contributed by atoms with E-state index in [-0.39, 0.29) is 6.03 Å². The Bertz CT molecular complexity index is 466. The van der Waals surface area contributed by atoms with Crippen LogP contribution in [0.1, 0.15) is 25.0 Å². The molecule has 0 aliphatic carbocycles. The van der Waals surface area contributed by atoms with Gasteiger partial charge in [0, 0.05) is 32.4 Å². The van der Waals surface area contributed by atoms with Crippen molar-refractivity contribution in [3.8, 4) is 0 Å². The molecule has 0 bridgehead atoms. The predicted molar refractivity (Wildman–Crippen MR) is 76.2 cm³/mol. The van der Waals surface area contributed by atoms with Crippen LogP contribution in [0.15, 0.2) is 12.3 Å². The van der Waals surface area contributed by atoms with E-state index in [1.54, 1.807) is 10.9 Å². The van der Waals surface area contributed by atoms with Gasteiger partial charge in [-0.05, 0) is 38.4 Å². The number of nitrogens with one attached hydrogen (secondary N) is 1. The summed E-state index contributed by atoms with van der Waals surface area (Å²) in [6.07, 6.45) is 5.48. The molecule has 3 heterocycles. The number of carbonyl (C=O) groups is 1. The van der Waals surface area contributed by atoms with Crippen LogP contribution in [0.25, 0.3) is 0 Å². The van der Waals surface area contributed by atoms with E-state index >= 15 is 0 Å². The maximum Gasteiger partial charge on any atom is 0.317 e. The molecule has 1 unspecified atom stereocenters. The van der Waals surface area contributed by atoms with Crippen LogP contribution in [0.3, 0.4) is 0 Å². The Kier molecular flexibility index (Phi) is 3.91. The maximum atomic E-state index is 12.2. The summed E-state index contributed by atoms with van der Waals surface area (Å²) in [5.74, 6) is 0. The van der Waals surface area contributed by atoms with Gasteiger partial charge in [-0.2, -0.15) is 5.10 Å². The number of hydrogen-bond acceptors (Lipinski definition) is 3. The van der Waals surface area contributed by atoms with Gasteiger partial charge >= 0.3 is 6.03 Å². The minimum Gasteiger partial charge on any atom is -0.332 e. The fraction of sp³-hybridized carbons (Fsp3) is 0.714. The molecule has 6 heteroatoms. The van der Waals surface area contributed by atoms with E-state index in [2.05, 4.69) is 15.3 Å². The molecule has 20 heavy (non-hydrogen) atoms. The average Bonchev–Trinajstić information content (AvgIpc) is 3.17. The first-order valence-corrected chi connectivity index (χ1v) is 7.48. The lowest BCUT2D eigenvalue weighted by atomic mass is 10.2. The second kappa shape index (κ2) is 5.83. The maximum absolute atomic E-state index is 12.2. The van der Waals surface area contributed by atoms with Crippen molar-refractivity contribution in [3.63, 3.8) is 0 Å². The Morgan fingerprint density at radius 1 is 1.40 bits per heavy atom. The monoisotopic (exact) mass is 277 g/mol. The minimum absolute atomic E-state index is 0.0490. The lowest BCUT2D eigenvalue weighted by Gasteiger charge is -2.23. The molecule has 0 radical (unpaired) electrons. The van der Waals surface area contributed by atoms with Gasteiger partial charge in [-0.25, -0.2) is 4.79 Å². The van der Waals surface area contributed by atoms with Crippen molar-refractivity contribution in [1.29, 1.82) is 0 Å². The average molecular weight is 277 g/mol. The van der Waals surface area contributed by atoms with E-state index in [9.17, 15) is 4.79 Å². The van der Waals surface area contributed by atoms with Gasteiger partial charge in [-0.15, -0.1) is 0 Å². The summed E-state index contributed by atoms with van der Waals surface area (Å²) < 4.78 is 1.79. The second-order valence-corrected chi connectivity index (χ2v) is 5.74. The molecule has 0 spiro atoms. The molecular formula is C14H23N5O. The van der Waals surface area contributed by atoms with E-state index in [0.717, 1.165) is 25.2 Å². The fourth-order valence-corrected chi connectivity index (χ4v) is 3.18. The standard InChI is InChI=1S/C14H23N5O/c1-17-12(4-6-16-17)10-15-14(20)19-9-5-13(11-19)18-7-2-3-8-18/h4,6,13H,2-3,5,7-11H2,1H3,(H,15,20). The molecule has 1 aromatic heterocycles. The first kappa shape index (κ1) is 13.4. The lowest BCUT2D eigenvalue weighted by Crippen LogP contribution is -2.41. The summed E-state index contributed by atoms with van der Waals surface area (Å²) in [6, 6.07) is 2.55. The van der Waals surface area contributed by atoms with Gasteiger partial charge in [0.2, 0.25) is 0 Å². The van der Waals surface area contributed by atoms with Crippen molar-refractivity contribution in [2.45, 2.75) is 31.8 Å². The minimum atomic E-state index is 0.0490. The quantitative estimate of drug-likeness (QED) is 0.889. The van der Waals surface area contributed by atoms with Gasteiger partial charge in [-0.3, -0.25) is 9.58 Å². The molecule has 2 fully saturated rings. The molecule has 1 N–H and O–H groups in total. The van der Waals surface area contributed by atoms with Gasteiger partial charge in [-0.1, -0.05) is 0 Å². The van der Waals surface area contributed by atoms with E-state index in [1.807, 2.05) is 18.0 Å². The lowest BCUT2D eigenvalue weighted by molar-refractivity contribution is 0.198. The number of likely N-dealkylation sites (tertiary alicyclic amines) is 2. The third-order valence-corrected chi connectivity index (χ3v) is 4.45. The molecule has 3 rings (SSSR count). The van der Waals surface area contributed by atoms with Crippen LogP contribution < -0.4 is 5.32 Å². The number of aromatic nitrogens is 2. The van der Waals surface area contributed by atoms with E-state index in [1.165, 1.54) is 25.9 Å². The van der Waals surface area contributed by atoms with Crippen LogP contribution in [-0.4, -0.2) is 57.8 Å². The molecule has 110 valence electrons. The molecule has 0 saturated carbocycles. The topological polar surface area (TPSA) is 53.4 Å². The van der Waals surface area contributed by atoms with Crippen molar-refractivity contribution in [2.75, 3.05) is 26.2 Å². The predicted octanol–water partition coefficient (Wildman–Crippen LogP) is 0.800. The van der Waals surface area contributed by atoms with Gasteiger partial charge in [0.25, 0.3) is 0 Å². The summed E-state index contributed by atoms with van der Waals surface area (Å²) in [4.78, 5) is 16.7. The molecule has 1 aromatic rings. The Morgan fingerprint density at radius 3 is 2.90 bits per heavy atom. The van der Waals surface area contributed by atoms with E-state index < -0.39 is 0 Å². The SMILES string of the molecule is Cn1nccc1CNC(=O)N1CCC(N2CCCC2)C1. The Balaban J connectivity index is 1.47. The zero-order valence-corrected chi connectivity index (χ0v) is 12.1. The van der Waals surface area contributed by atoms with Crippen molar-refractivity contribution >= 4 is 6.03 Å². The first-order valence-electron chi connectivity index (χ1n) is 7.48. The molecule has 2 aliphatic rings. The summed E-state index contributed by atoms with van der Waals surface area (Å²) in [5, 5.41) is 7.09. The van der Waals surface area contributed by atoms with Crippen LogP contribution in [0.2, 0.25) is 0 Å². The van der Waals surface area contributed by atoms with Crippen LogP contribution in [0.5, 0.6) is 0 Å². The highest BCUT2D eigenvalue weighted by atomic mass is 16.2.